The van der Waals surface area contributed by atoms with Gasteiger partial charge in [-0.25, -0.2) is 0 Å². The Bertz CT molecular complexity index is 838. The second kappa shape index (κ2) is 38.3. The molecule has 0 fully saturated rings. The van der Waals surface area contributed by atoms with Crippen LogP contribution in [0.5, 0.6) is 0 Å². The van der Waals surface area contributed by atoms with E-state index in [9.17, 15) is 14.2 Å². The molecule has 2 N–H and O–H groups in total. The maximum atomic E-state index is 12.7. The molecule has 0 spiro atoms. The van der Waals surface area contributed by atoms with E-state index in [0.29, 0.717) is 12.8 Å². The Morgan fingerprint density at radius 2 is 0.882 bits per heavy atom. The fraction of sp³-hybridized carbons (Fsp3) is 0.857. The lowest BCUT2D eigenvalue weighted by molar-refractivity contribution is -0.151. The first kappa shape index (κ1) is 49.5. The van der Waals surface area contributed by atoms with Crippen molar-refractivity contribution in [2.24, 2.45) is 5.73 Å². The average molecular weight is 742 g/mol. The van der Waals surface area contributed by atoms with Crippen molar-refractivity contribution in [3.63, 3.8) is 0 Å². The maximum absolute atomic E-state index is 12.7. The molecule has 300 valence electrons. The zero-order valence-electron chi connectivity index (χ0n) is 33.4. The molecule has 0 aliphatic heterocycles. The van der Waals surface area contributed by atoms with Crippen molar-refractivity contribution >= 4 is 19.5 Å². The Balaban J connectivity index is 4.13. The Morgan fingerprint density at radius 3 is 1.24 bits per heavy atom. The van der Waals surface area contributed by atoms with Crippen LogP contribution in [0.15, 0.2) is 24.3 Å². The molecule has 0 rings (SSSR count). The molecule has 0 amide bonds. The summed E-state index contributed by atoms with van der Waals surface area (Å²) >= 11 is 0. The van der Waals surface area contributed by atoms with Crippen LogP contribution < -0.4 is 5.73 Å². The molecule has 0 bridgehead atoms. The van der Waals surface area contributed by atoms with Crippen molar-refractivity contribution in [1.82, 2.24) is 0 Å². The minimum absolute atomic E-state index is 0.0744. The molecular formula is C42H80NO7P. The molecule has 0 aliphatic carbocycles. The molecule has 9 heteroatoms. The van der Waals surface area contributed by atoms with Gasteiger partial charge < -0.3 is 19.7 Å². The summed E-state index contributed by atoms with van der Waals surface area (Å²) in [5.41, 5.74) is 5.48. The Labute approximate surface area is 314 Å². The van der Waals surface area contributed by atoms with Crippen LogP contribution in [0.1, 0.15) is 194 Å². The van der Waals surface area contributed by atoms with Crippen LogP contribution in [0.3, 0.4) is 0 Å². The summed E-state index contributed by atoms with van der Waals surface area (Å²) in [5, 5.41) is 0. The van der Waals surface area contributed by atoms with Crippen LogP contribution in [0.2, 0.25) is 0 Å². The van der Waals surface area contributed by atoms with Crippen molar-refractivity contribution < 1.29 is 32.7 Å². The molecular weight excluding hydrogens is 661 g/mol. The summed E-state index contributed by atoms with van der Waals surface area (Å²) in [6, 6.07) is 0. The van der Waals surface area contributed by atoms with E-state index in [4.69, 9.17) is 24.3 Å². The van der Waals surface area contributed by atoms with Crippen LogP contribution in [-0.4, -0.2) is 51.1 Å². The molecule has 0 saturated carbocycles. The number of ether oxygens (including phenoxy) is 2. The molecule has 0 aromatic carbocycles. The van der Waals surface area contributed by atoms with Gasteiger partial charge in [0.25, 0.3) is 0 Å². The number of carbonyl (C=O) groups is 2. The highest BCUT2D eigenvalue weighted by molar-refractivity contribution is 7.53. The van der Waals surface area contributed by atoms with Crippen LogP contribution in [0, 0.1) is 0 Å². The number of esters is 2. The van der Waals surface area contributed by atoms with Gasteiger partial charge in [0.15, 0.2) is 0 Å². The minimum Gasteiger partial charge on any atom is -0.463 e. The topological polar surface area (TPSA) is 114 Å². The quantitative estimate of drug-likeness (QED) is 0.0287. The first-order chi connectivity index (χ1) is 24.8. The van der Waals surface area contributed by atoms with Gasteiger partial charge in [-0.3, -0.25) is 18.7 Å². The monoisotopic (exact) mass is 742 g/mol. The van der Waals surface area contributed by atoms with Crippen molar-refractivity contribution in [1.29, 1.82) is 0 Å². The van der Waals surface area contributed by atoms with Gasteiger partial charge in [-0.05, 0) is 64.2 Å². The summed E-state index contributed by atoms with van der Waals surface area (Å²) in [6.07, 6.45) is 40.0. The van der Waals surface area contributed by atoms with E-state index in [1.165, 1.54) is 109 Å². The average Bonchev–Trinajstić information content (AvgIpc) is 3.11. The van der Waals surface area contributed by atoms with E-state index >= 15 is 0 Å². The number of allylic oxidation sites excluding steroid dienone is 4. The highest BCUT2D eigenvalue weighted by Gasteiger charge is 2.26. The summed E-state index contributed by atoms with van der Waals surface area (Å²) in [7, 11) is -3.46. The van der Waals surface area contributed by atoms with Gasteiger partial charge in [0.2, 0.25) is 0 Å². The smallest absolute Gasteiger partial charge is 0.328 e. The fourth-order valence-corrected chi connectivity index (χ4v) is 6.99. The predicted octanol–water partition coefficient (Wildman–Crippen LogP) is 12.3. The number of rotatable bonds is 39. The van der Waals surface area contributed by atoms with Crippen LogP contribution in [0.4, 0.5) is 0 Å². The molecule has 0 aliphatic rings. The van der Waals surface area contributed by atoms with Gasteiger partial charge in [0.05, 0.1) is 6.61 Å². The molecule has 0 heterocycles. The van der Waals surface area contributed by atoms with E-state index < -0.39 is 13.7 Å². The summed E-state index contributed by atoms with van der Waals surface area (Å²) in [5.74, 6) is -0.677. The third kappa shape index (κ3) is 38.1. The molecule has 1 unspecified atom stereocenters. The van der Waals surface area contributed by atoms with Crippen LogP contribution in [0.25, 0.3) is 0 Å². The Kier molecular flexibility index (Phi) is 37.2. The first-order valence-electron chi connectivity index (χ1n) is 21.1. The molecule has 8 nitrogen and oxygen atoms in total. The third-order valence-corrected chi connectivity index (χ3v) is 10.3. The highest BCUT2D eigenvalue weighted by atomic mass is 31.2. The van der Waals surface area contributed by atoms with Gasteiger partial charge in [-0.2, -0.15) is 0 Å². The second-order valence-corrected chi connectivity index (χ2v) is 16.2. The minimum atomic E-state index is -3.46. The molecule has 0 aromatic heterocycles. The van der Waals surface area contributed by atoms with Crippen molar-refractivity contribution in [2.75, 3.05) is 33.0 Å². The lowest BCUT2D eigenvalue weighted by atomic mass is 10.1. The van der Waals surface area contributed by atoms with Crippen LogP contribution in [-0.2, 0) is 32.7 Å². The van der Waals surface area contributed by atoms with E-state index in [1.54, 1.807) is 0 Å². The summed E-state index contributed by atoms with van der Waals surface area (Å²) < 4.78 is 34.5. The van der Waals surface area contributed by atoms with Gasteiger partial charge in [-0.15, -0.1) is 0 Å². The lowest BCUT2D eigenvalue weighted by Crippen LogP contribution is -2.28. The SMILES string of the molecule is CCCCCCCCC=CCCCCCCCC(=O)OCC(COC(=O)CCCCCCCC=CCCCCCCCC)OP(C)(=O)OCCN. The molecule has 51 heavy (non-hydrogen) atoms. The van der Waals surface area contributed by atoms with Gasteiger partial charge in [0, 0.05) is 26.1 Å². The second-order valence-electron chi connectivity index (χ2n) is 14.2. The van der Waals surface area contributed by atoms with E-state index in [-0.39, 0.29) is 38.3 Å². The molecule has 1 atom stereocenters. The summed E-state index contributed by atoms with van der Waals surface area (Å²) in [4.78, 5) is 24.8. The zero-order chi connectivity index (χ0) is 37.5. The van der Waals surface area contributed by atoms with Gasteiger partial charge in [0.1, 0.15) is 19.3 Å². The number of carbonyl (C=O) groups excluding carboxylic acids is 2. The third-order valence-electron chi connectivity index (χ3n) is 8.93. The summed E-state index contributed by atoms with van der Waals surface area (Å²) in [6.45, 7) is 5.80. The van der Waals surface area contributed by atoms with Gasteiger partial charge >= 0.3 is 19.5 Å². The largest absolute Gasteiger partial charge is 0.463 e. The number of unbranched alkanes of at least 4 members (excludes halogenated alkanes) is 22. The van der Waals surface area contributed by atoms with E-state index in [0.717, 1.165) is 64.2 Å². The molecule has 0 radical (unpaired) electrons. The predicted molar refractivity (Wildman–Crippen MR) is 214 cm³/mol. The van der Waals surface area contributed by atoms with Gasteiger partial charge in [-0.1, -0.05) is 141 Å². The molecule has 0 aromatic rings. The molecule has 0 saturated heterocycles. The van der Waals surface area contributed by atoms with E-state index in [2.05, 4.69) is 38.2 Å². The zero-order valence-corrected chi connectivity index (χ0v) is 34.3. The lowest BCUT2D eigenvalue weighted by Gasteiger charge is -2.22. The van der Waals surface area contributed by atoms with Crippen molar-refractivity contribution in [2.45, 2.75) is 200 Å². The number of nitrogens with two attached hydrogens (primary N) is 1. The first-order valence-corrected chi connectivity index (χ1v) is 23.0. The van der Waals surface area contributed by atoms with Crippen molar-refractivity contribution in [3.05, 3.63) is 24.3 Å². The normalized spacial score (nSPS) is 13.6. The fourth-order valence-electron chi connectivity index (χ4n) is 5.82. The standard InChI is InChI=1S/C42H80NO7P/c1-4-6-8-10-12-14-16-18-20-22-24-26-28-30-32-34-41(44)47-38-40(50-51(3,46)49-37-36-43)39-48-42(45)35-33-31-29-27-25-23-21-19-17-15-13-11-9-7-5-2/h18-21,40H,4-17,22-39,43H2,1-3H3. The van der Waals surface area contributed by atoms with Crippen molar-refractivity contribution in [3.8, 4) is 0 Å². The highest BCUT2D eigenvalue weighted by Crippen LogP contribution is 2.45. The number of hydrogen-bond donors (Lipinski definition) is 1. The number of hydrogen-bond acceptors (Lipinski definition) is 8. The Morgan fingerprint density at radius 1 is 0.549 bits per heavy atom. The van der Waals surface area contributed by atoms with E-state index in [1.807, 2.05) is 0 Å². The maximum Gasteiger partial charge on any atom is 0.328 e. The Hall–Kier alpha value is -1.47. The van der Waals surface area contributed by atoms with Crippen LogP contribution >= 0.6 is 7.60 Å².